The van der Waals surface area contributed by atoms with Crippen LogP contribution in [0.5, 0.6) is 5.75 Å². The summed E-state index contributed by atoms with van der Waals surface area (Å²) in [4.78, 5) is 62.9. The van der Waals surface area contributed by atoms with E-state index >= 15 is 0 Å². The average Bonchev–Trinajstić information content (AvgIpc) is 3.04. The van der Waals surface area contributed by atoms with Crippen LogP contribution in [-0.4, -0.2) is 85.0 Å². The van der Waals surface area contributed by atoms with E-state index in [0.29, 0.717) is 38.0 Å². The standard InChI is InChI=1S/C32H45N5O7S/c1-44-29(40)11-7-4-8-17-34-32(43)27(20-22-9-5-3-6-10-22)36-28(39)21-35-31(42)26(16-18-45-2)37-30(41)25(33)19-23-12-14-24(38)15-13-23/h3,5-6,9-10,12-15,25-27,38H,4,7-8,11,16-21,33H2,1-2H3,(H,34,43)(H,35,42)(H,36,39)(H,37,41)/t25-,26+,27-/m0/s1. The van der Waals surface area contributed by atoms with Crippen molar-refractivity contribution in [1.82, 2.24) is 21.3 Å². The summed E-state index contributed by atoms with van der Waals surface area (Å²) in [7, 11) is 1.34. The van der Waals surface area contributed by atoms with Crippen molar-refractivity contribution in [3.05, 3.63) is 65.7 Å². The van der Waals surface area contributed by atoms with Crippen LogP contribution in [0.3, 0.4) is 0 Å². The van der Waals surface area contributed by atoms with E-state index in [-0.39, 0.29) is 30.5 Å². The minimum absolute atomic E-state index is 0.103. The van der Waals surface area contributed by atoms with Gasteiger partial charge in [0.15, 0.2) is 0 Å². The molecule has 13 heteroatoms. The van der Waals surface area contributed by atoms with E-state index < -0.39 is 42.4 Å². The molecule has 12 nitrogen and oxygen atoms in total. The van der Waals surface area contributed by atoms with Crippen molar-refractivity contribution in [2.75, 3.05) is 32.2 Å². The Kier molecular flexibility index (Phi) is 17.1. The smallest absolute Gasteiger partial charge is 0.305 e. The third-order valence-corrected chi connectivity index (χ3v) is 7.56. The summed E-state index contributed by atoms with van der Waals surface area (Å²) in [5, 5.41) is 20.3. The summed E-state index contributed by atoms with van der Waals surface area (Å²) in [6.07, 6.45) is 5.02. The van der Waals surface area contributed by atoms with Crippen LogP contribution in [0.1, 0.15) is 43.2 Å². The fourth-order valence-corrected chi connectivity index (χ4v) is 4.84. The second-order valence-corrected chi connectivity index (χ2v) is 11.5. The van der Waals surface area contributed by atoms with Crippen LogP contribution in [0.2, 0.25) is 0 Å². The first kappa shape index (κ1) is 37.1. The number of phenols is 1. The molecule has 2 aromatic rings. The topological polar surface area (TPSA) is 189 Å². The molecule has 2 aromatic carbocycles. The molecule has 0 spiro atoms. The Morgan fingerprint density at radius 2 is 1.49 bits per heavy atom. The van der Waals surface area contributed by atoms with Crippen molar-refractivity contribution in [2.24, 2.45) is 5.73 Å². The molecule has 0 aliphatic rings. The van der Waals surface area contributed by atoms with Gasteiger partial charge < -0.3 is 36.8 Å². The van der Waals surface area contributed by atoms with E-state index in [9.17, 15) is 29.1 Å². The van der Waals surface area contributed by atoms with E-state index in [1.807, 2.05) is 36.6 Å². The number of nitrogens with one attached hydrogen (secondary N) is 4. The molecule has 0 radical (unpaired) electrons. The Morgan fingerprint density at radius 1 is 0.822 bits per heavy atom. The minimum Gasteiger partial charge on any atom is -0.508 e. The first-order valence-electron chi connectivity index (χ1n) is 14.9. The van der Waals surface area contributed by atoms with Gasteiger partial charge >= 0.3 is 5.97 Å². The molecule has 2 rings (SSSR count). The highest BCUT2D eigenvalue weighted by Crippen LogP contribution is 2.11. The second-order valence-electron chi connectivity index (χ2n) is 10.5. The number of esters is 1. The third-order valence-electron chi connectivity index (χ3n) is 6.91. The van der Waals surface area contributed by atoms with Crippen LogP contribution in [0.25, 0.3) is 0 Å². The zero-order valence-electron chi connectivity index (χ0n) is 25.9. The molecule has 0 fully saturated rings. The van der Waals surface area contributed by atoms with Gasteiger partial charge in [-0.3, -0.25) is 24.0 Å². The van der Waals surface area contributed by atoms with Gasteiger partial charge in [0, 0.05) is 19.4 Å². The lowest BCUT2D eigenvalue weighted by molar-refractivity contribution is -0.140. The van der Waals surface area contributed by atoms with Crippen LogP contribution < -0.4 is 27.0 Å². The number of thioether (sulfide) groups is 1. The van der Waals surface area contributed by atoms with E-state index in [1.54, 1.807) is 12.1 Å². The zero-order chi connectivity index (χ0) is 33.0. The number of rotatable bonds is 20. The number of aromatic hydroxyl groups is 1. The molecule has 0 unspecified atom stereocenters. The van der Waals surface area contributed by atoms with Crippen molar-refractivity contribution in [3.8, 4) is 5.75 Å². The summed E-state index contributed by atoms with van der Waals surface area (Å²) in [5.41, 5.74) is 7.68. The Labute approximate surface area is 268 Å². The molecular weight excluding hydrogens is 598 g/mol. The highest BCUT2D eigenvalue weighted by molar-refractivity contribution is 7.98. The van der Waals surface area contributed by atoms with E-state index in [0.717, 1.165) is 17.5 Å². The van der Waals surface area contributed by atoms with Gasteiger partial charge in [-0.1, -0.05) is 48.9 Å². The monoisotopic (exact) mass is 643 g/mol. The van der Waals surface area contributed by atoms with Crippen molar-refractivity contribution >= 4 is 41.4 Å². The molecule has 0 saturated carbocycles. The lowest BCUT2D eigenvalue weighted by atomic mass is 10.0. The van der Waals surface area contributed by atoms with Gasteiger partial charge in [0.1, 0.15) is 17.8 Å². The maximum atomic E-state index is 13.0. The molecule has 3 atom stereocenters. The van der Waals surface area contributed by atoms with Gasteiger partial charge in [-0.15, -0.1) is 0 Å². The first-order chi connectivity index (χ1) is 21.6. The molecule has 0 aliphatic heterocycles. The van der Waals surface area contributed by atoms with Crippen LogP contribution in [-0.2, 0) is 41.6 Å². The number of hydrogen-bond acceptors (Lipinski definition) is 9. The van der Waals surface area contributed by atoms with Crippen molar-refractivity contribution < 1.29 is 33.8 Å². The number of hydrogen-bond donors (Lipinski definition) is 6. The fraction of sp³-hybridized carbons (Fsp3) is 0.469. The van der Waals surface area contributed by atoms with Gasteiger partial charge in [0.2, 0.25) is 23.6 Å². The number of methoxy groups -OCH3 is 1. The van der Waals surface area contributed by atoms with Crippen LogP contribution >= 0.6 is 11.8 Å². The molecule has 7 N–H and O–H groups in total. The van der Waals surface area contributed by atoms with Crippen molar-refractivity contribution in [3.63, 3.8) is 0 Å². The Hall–Kier alpha value is -4.10. The van der Waals surface area contributed by atoms with Gasteiger partial charge in [-0.05, 0) is 61.0 Å². The predicted octanol–water partition coefficient (Wildman–Crippen LogP) is 1.19. The summed E-state index contributed by atoms with van der Waals surface area (Å²) in [6.45, 7) is -0.0142. The number of nitrogens with two attached hydrogens (primary N) is 1. The Balaban J connectivity index is 1.92. The average molecular weight is 644 g/mol. The fourth-order valence-electron chi connectivity index (χ4n) is 4.36. The van der Waals surface area contributed by atoms with Crippen molar-refractivity contribution in [1.29, 1.82) is 0 Å². The Morgan fingerprint density at radius 3 is 2.16 bits per heavy atom. The summed E-state index contributed by atoms with van der Waals surface area (Å²) < 4.78 is 4.63. The first-order valence-corrected chi connectivity index (χ1v) is 16.3. The lowest BCUT2D eigenvalue weighted by Gasteiger charge is -2.22. The molecule has 4 amide bonds. The molecule has 246 valence electrons. The number of ether oxygens (including phenoxy) is 1. The number of carbonyl (C=O) groups is 5. The lowest BCUT2D eigenvalue weighted by Crippen LogP contribution is -2.54. The van der Waals surface area contributed by atoms with Gasteiger partial charge in [0.05, 0.1) is 19.7 Å². The summed E-state index contributed by atoms with van der Waals surface area (Å²) in [5.74, 6) is -1.57. The van der Waals surface area contributed by atoms with Gasteiger partial charge in [-0.25, -0.2) is 0 Å². The highest BCUT2D eigenvalue weighted by Gasteiger charge is 2.25. The van der Waals surface area contributed by atoms with E-state index in [1.165, 1.54) is 31.0 Å². The molecule has 0 heterocycles. The molecule has 0 aliphatic carbocycles. The normalized spacial score (nSPS) is 12.7. The number of unbranched alkanes of at least 4 members (excludes halogenated alkanes) is 2. The van der Waals surface area contributed by atoms with Gasteiger partial charge in [-0.2, -0.15) is 11.8 Å². The number of carbonyl (C=O) groups excluding carboxylic acids is 5. The maximum Gasteiger partial charge on any atom is 0.305 e. The summed E-state index contributed by atoms with van der Waals surface area (Å²) >= 11 is 1.51. The molecule has 0 saturated heterocycles. The van der Waals surface area contributed by atoms with Crippen LogP contribution in [0.4, 0.5) is 0 Å². The van der Waals surface area contributed by atoms with Crippen molar-refractivity contribution in [2.45, 2.75) is 63.1 Å². The number of amides is 4. The molecular formula is C32H45N5O7S. The largest absolute Gasteiger partial charge is 0.508 e. The van der Waals surface area contributed by atoms with Crippen LogP contribution in [0, 0.1) is 0 Å². The zero-order valence-corrected chi connectivity index (χ0v) is 26.7. The third kappa shape index (κ3) is 15.0. The second kappa shape index (κ2) is 20.8. The molecule has 0 aromatic heterocycles. The maximum absolute atomic E-state index is 13.0. The SMILES string of the molecule is COC(=O)CCCCCNC(=O)[C@H](Cc1ccccc1)NC(=O)CNC(=O)[C@@H](CCSC)NC(=O)[C@@H](N)Cc1ccc(O)cc1. The van der Waals surface area contributed by atoms with E-state index in [2.05, 4.69) is 26.0 Å². The number of benzene rings is 2. The predicted molar refractivity (Wildman–Crippen MR) is 173 cm³/mol. The molecule has 45 heavy (non-hydrogen) atoms. The van der Waals surface area contributed by atoms with E-state index in [4.69, 9.17) is 5.73 Å². The highest BCUT2D eigenvalue weighted by atomic mass is 32.2. The molecule has 0 bridgehead atoms. The minimum atomic E-state index is -0.924. The number of phenolic OH excluding ortho intramolecular Hbond substituents is 1. The van der Waals surface area contributed by atoms with Crippen LogP contribution in [0.15, 0.2) is 54.6 Å². The Bertz CT molecular complexity index is 1230. The summed E-state index contributed by atoms with van der Waals surface area (Å²) in [6, 6.07) is 12.9. The quantitative estimate of drug-likeness (QED) is 0.0910. The van der Waals surface area contributed by atoms with Gasteiger partial charge in [0.25, 0.3) is 0 Å².